The van der Waals surface area contributed by atoms with Crippen molar-refractivity contribution in [3.63, 3.8) is 0 Å². The average Bonchev–Trinajstić information content (AvgIpc) is 2.86. The van der Waals surface area contributed by atoms with Crippen molar-refractivity contribution in [1.29, 1.82) is 0 Å². The summed E-state index contributed by atoms with van der Waals surface area (Å²) in [4.78, 5) is 1.36. The van der Waals surface area contributed by atoms with Crippen LogP contribution in [0.25, 0.3) is 0 Å². The topological polar surface area (TPSA) is 35.2 Å². The minimum Gasteiger partial charge on any atom is -0.378 e. The molecule has 0 aliphatic carbocycles. The zero-order valence-electron chi connectivity index (χ0n) is 9.49. The Morgan fingerprint density at radius 1 is 1.69 bits per heavy atom. The second-order valence-electron chi connectivity index (χ2n) is 4.37. The monoisotopic (exact) mass is 303 g/mol. The largest absolute Gasteiger partial charge is 0.378 e. The number of hydrogen-bond acceptors (Lipinski definition) is 3. The smallest absolute Gasteiger partial charge is 0.0616 e. The van der Waals surface area contributed by atoms with Gasteiger partial charge in [-0.3, -0.25) is 0 Å². The molecule has 2 rings (SSSR count). The number of thiophene rings is 1. The molecule has 16 heavy (non-hydrogen) atoms. The Labute approximate surface area is 109 Å². The van der Waals surface area contributed by atoms with Crippen molar-refractivity contribution >= 4 is 27.3 Å². The third-order valence-electron chi connectivity index (χ3n) is 3.27. The lowest BCUT2D eigenvalue weighted by Crippen LogP contribution is -2.36. The highest BCUT2D eigenvalue weighted by atomic mass is 79.9. The van der Waals surface area contributed by atoms with Crippen LogP contribution in [0, 0.1) is 5.92 Å². The maximum Gasteiger partial charge on any atom is 0.0616 e. The Morgan fingerprint density at radius 2 is 2.50 bits per heavy atom. The summed E-state index contributed by atoms with van der Waals surface area (Å²) in [5, 5.41) is 2.12. The normalized spacial score (nSPS) is 27.2. The van der Waals surface area contributed by atoms with Gasteiger partial charge in [0.05, 0.1) is 6.10 Å². The highest BCUT2D eigenvalue weighted by Gasteiger charge is 2.31. The number of rotatable bonds is 4. The first-order valence-corrected chi connectivity index (χ1v) is 7.48. The molecule has 0 saturated carbocycles. The van der Waals surface area contributed by atoms with Gasteiger partial charge in [0.2, 0.25) is 0 Å². The van der Waals surface area contributed by atoms with Crippen molar-refractivity contribution in [2.45, 2.75) is 38.3 Å². The third-order valence-corrected chi connectivity index (χ3v) is 4.99. The lowest BCUT2D eigenvalue weighted by molar-refractivity contribution is 0.0814. The molecule has 2 nitrogen and oxygen atoms in total. The van der Waals surface area contributed by atoms with Gasteiger partial charge >= 0.3 is 0 Å². The second-order valence-corrected chi connectivity index (χ2v) is 6.28. The molecule has 3 atom stereocenters. The van der Waals surface area contributed by atoms with Gasteiger partial charge < -0.3 is 10.5 Å². The summed E-state index contributed by atoms with van der Waals surface area (Å²) in [6.45, 7) is 3.06. The van der Waals surface area contributed by atoms with Gasteiger partial charge in [-0.05, 0) is 41.3 Å². The minimum atomic E-state index is 0.234. The fourth-order valence-electron chi connectivity index (χ4n) is 2.42. The predicted octanol–water partition coefficient (Wildman–Crippen LogP) is 3.20. The van der Waals surface area contributed by atoms with E-state index < -0.39 is 0 Å². The number of ether oxygens (including phenoxy) is 1. The lowest BCUT2D eigenvalue weighted by atomic mass is 9.89. The lowest BCUT2D eigenvalue weighted by Gasteiger charge is -2.23. The van der Waals surface area contributed by atoms with Crippen molar-refractivity contribution in [3.05, 3.63) is 20.8 Å². The molecule has 0 spiro atoms. The van der Waals surface area contributed by atoms with Gasteiger partial charge in [-0.25, -0.2) is 0 Å². The van der Waals surface area contributed by atoms with Gasteiger partial charge in [-0.1, -0.05) is 6.92 Å². The summed E-state index contributed by atoms with van der Waals surface area (Å²) in [7, 11) is 0. The molecule has 3 unspecified atom stereocenters. The third kappa shape index (κ3) is 2.86. The second kappa shape index (κ2) is 5.63. The van der Waals surface area contributed by atoms with Crippen LogP contribution in [0.1, 0.15) is 24.6 Å². The van der Waals surface area contributed by atoms with E-state index in [4.69, 9.17) is 10.5 Å². The van der Waals surface area contributed by atoms with Gasteiger partial charge in [0, 0.05) is 33.3 Å². The fraction of sp³-hybridized carbons (Fsp3) is 0.667. The molecule has 0 bridgehead atoms. The molecule has 1 fully saturated rings. The van der Waals surface area contributed by atoms with Crippen molar-refractivity contribution in [1.82, 2.24) is 0 Å². The summed E-state index contributed by atoms with van der Waals surface area (Å²) in [5.41, 5.74) is 6.30. The van der Waals surface area contributed by atoms with E-state index in [-0.39, 0.29) is 6.04 Å². The van der Waals surface area contributed by atoms with Crippen LogP contribution in [-0.2, 0) is 11.2 Å². The molecule has 0 aromatic carbocycles. The Kier molecular flexibility index (Phi) is 4.41. The Morgan fingerprint density at radius 3 is 3.12 bits per heavy atom. The number of halogens is 1. The van der Waals surface area contributed by atoms with Gasteiger partial charge in [0.1, 0.15) is 0 Å². The van der Waals surface area contributed by atoms with Crippen molar-refractivity contribution in [2.24, 2.45) is 11.7 Å². The van der Waals surface area contributed by atoms with Crippen LogP contribution >= 0.6 is 27.3 Å². The molecule has 4 heteroatoms. The molecular weight excluding hydrogens is 286 g/mol. The summed E-state index contributed by atoms with van der Waals surface area (Å²) in [5.74, 6) is 0.533. The fourth-order valence-corrected chi connectivity index (χ4v) is 3.94. The molecule has 2 heterocycles. The maximum atomic E-state index is 6.30. The van der Waals surface area contributed by atoms with Crippen LogP contribution in [0.5, 0.6) is 0 Å². The van der Waals surface area contributed by atoms with Crippen molar-refractivity contribution in [2.75, 3.05) is 6.61 Å². The van der Waals surface area contributed by atoms with Crippen LogP contribution in [0.15, 0.2) is 15.9 Å². The van der Waals surface area contributed by atoms with Crippen molar-refractivity contribution in [3.8, 4) is 0 Å². The molecule has 1 aromatic heterocycles. The first-order valence-electron chi connectivity index (χ1n) is 5.80. The summed E-state index contributed by atoms with van der Waals surface area (Å²) in [6.07, 6.45) is 3.54. The van der Waals surface area contributed by atoms with E-state index in [0.717, 1.165) is 30.3 Å². The van der Waals surface area contributed by atoms with Gasteiger partial charge in [0.25, 0.3) is 0 Å². The highest BCUT2D eigenvalue weighted by molar-refractivity contribution is 9.10. The zero-order valence-corrected chi connectivity index (χ0v) is 11.9. The SMILES string of the molecule is CCC1OCCC1C(N)Cc1cc(Br)cs1. The molecule has 1 aromatic rings. The van der Waals surface area contributed by atoms with E-state index in [1.807, 2.05) is 0 Å². The highest BCUT2D eigenvalue weighted by Crippen LogP contribution is 2.29. The molecule has 1 saturated heterocycles. The van der Waals surface area contributed by atoms with Crippen LogP contribution in [0.3, 0.4) is 0 Å². The number of hydrogen-bond donors (Lipinski definition) is 1. The van der Waals surface area contributed by atoms with E-state index >= 15 is 0 Å². The van der Waals surface area contributed by atoms with Crippen LogP contribution < -0.4 is 5.73 Å². The standard InChI is InChI=1S/C12H18BrNOS/c1-2-12-10(3-4-15-12)11(14)6-9-5-8(13)7-16-9/h5,7,10-12H,2-4,6,14H2,1H3. The summed E-state index contributed by atoms with van der Waals surface area (Å²) < 4.78 is 6.85. The van der Waals surface area contributed by atoms with Gasteiger partial charge in [-0.2, -0.15) is 0 Å². The molecule has 0 radical (unpaired) electrons. The molecule has 0 amide bonds. The van der Waals surface area contributed by atoms with E-state index in [1.54, 1.807) is 11.3 Å². The van der Waals surface area contributed by atoms with E-state index in [1.165, 1.54) is 4.88 Å². The zero-order chi connectivity index (χ0) is 11.5. The number of nitrogens with two attached hydrogens (primary N) is 1. The van der Waals surface area contributed by atoms with E-state index in [2.05, 4.69) is 34.3 Å². The van der Waals surface area contributed by atoms with Crippen molar-refractivity contribution < 1.29 is 4.74 Å². The molecule has 2 N–H and O–H groups in total. The molecule has 1 aliphatic heterocycles. The Hall–Kier alpha value is 0.1000. The maximum absolute atomic E-state index is 6.30. The Bertz CT molecular complexity index is 342. The van der Waals surface area contributed by atoms with Gasteiger partial charge in [-0.15, -0.1) is 11.3 Å². The first kappa shape index (κ1) is 12.6. The quantitative estimate of drug-likeness (QED) is 0.927. The molecule has 1 aliphatic rings. The summed E-state index contributed by atoms with van der Waals surface area (Å²) in [6, 6.07) is 2.40. The minimum absolute atomic E-state index is 0.234. The van der Waals surface area contributed by atoms with Gasteiger partial charge in [0.15, 0.2) is 0 Å². The van der Waals surface area contributed by atoms with E-state index in [0.29, 0.717) is 12.0 Å². The molecular formula is C12H18BrNOS. The summed E-state index contributed by atoms with van der Waals surface area (Å²) >= 11 is 5.25. The van der Waals surface area contributed by atoms with Crippen LogP contribution in [0.2, 0.25) is 0 Å². The average molecular weight is 304 g/mol. The Balaban J connectivity index is 1.94. The van der Waals surface area contributed by atoms with E-state index in [9.17, 15) is 0 Å². The first-order chi connectivity index (χ1) is 7.70. The van der Waals surface area contributed by atoms with Crippen LogP contribution in [-0.4, -0.2) is 18.8 Å². The molecule has 90 valence electrons. The van der Waals surface area contributed by atoms with Crippen LogP contribution in [0.4, 0.5) is 0 Å². The predicted molar refractivity (Wildman–Crippen MR) is 71.8 cm³/mol.